The molecule has 1 N–H and O–H groups in total. The van der Waals surface area contributed by atoms with Crippen LogP contribution in [0.4, 0.5) is 0 Å². The lowest BCUT2D eigenvalue weighted by Gasteiger charge is -2.40. The molecule has 0 aromatic carbocycles. The first-order valence-electron chi connectivity index (χ1n) is 6.45. The molecule has 2 heterocycles. The predicted molar refractivity (Wildman–Crippen MR) is 63.8 cm³/mol. The van der Waals surface area contributed by atoms with E-state index in [-0.39, 0.29) is 24.1 Å². The van der Waals surface area contributed by atoms with Crippen LogP contribution in [-0.2, 0) is 14.3 Å². The number of nitrogens with one attached hydrogen (secondary N) is 1. The molecule has 0 aliphatic carbocycles. The summed E-state index contributed by atoms with van der Waals surface area (Å²) in [6.45, 7) is 7.38. The van der Waals surface area contributed by atoms with Crippen molar-refractivity contribution in [2.75, 3.05) is 32.9 Å². The minimum Gasteiger partial charge on any atom is -0.378 e. The standard InChI is InChI=1S/C12H22N2O3/c1-3-10-7-17-9(2)6-14(10)12(15)11-8-16-5-4-13-11/h9-11,13H,3-8H2,1-2H3. The van der Waals surface area contributed by atoms with Gasteiger partial charge in [0, 0.05) is 13.1 Å². The Labute approximate surface area is 102 Å². The lowest BCUT2D eigenvalue weighted by atomic mass is 10.1. The average molecular weight is 242 g/mol. The Kier molecular flexibility index (Phi) is 4.36. The van der Waals surface area contributed by atoms with Gasteiger partial charge in [-0.15, -0.1) is 0 Å². The van der Waals surface area contributed by atoms with Crippen LogP contribution in [-0.4, -0.2) is 61.9 Å². The van der Waals surface area contributed by atoms with Crippen LogP contribution < -0.4 is 5.32 Å². The summed E-state index contributed by atoms with van der Waals surface area (Å²) in [4.78, 5) is 14.4. The van der Waals surface area contributed by atoms with Gasteiger partial charge in [-0.25, -0.2) is 0 Å². The molecule has 3 unspecified atom stereocenters. The molecule has 17 heavy (non-hydrogen) atoms. The molecule has 3 atom stereocenters. The maximum atomic E-state index is 12.4. The summed E-state index contributed by atoms with van der Waals surface area (Å²) in [7, 11) is 0. The first-order chi connectivity index (χ1) is 8.22. The third-order valence-electron chi connectivity index (χ3n) is 3.44. The van der Waals surface area contributed by atoms with Crippen LogP contribution in [0.15, 0.2) is 0 Å². The fourth-order valence-electron chi connectivity index (χ4n) is 2.38. The maximum Gasteiger partial charge on any atom is 0.242 e. The van der Waals surface area contributed by atoms with Crippen LogP contribution >= 0.6 is 0 Å². The first-order valence-corrected chi connectivity index (χ1v) is 6.45. The molecule has 5 nitrogen and oxygen atoms in total. The SMILES string of the molecule is CCC1COC(C)CN1C(=O)C1COCCN1. The van der Waals surface area contributed by atoms with Gasteiger partial charge in [0.1, 0.15) is 6.04 Å². The van der Waals surface area contributed by atoms with E-state index in [1.54, 1.807) is 0 Å². The number of nitrogens with zero attached hydrogens (tertiary/aromatic N) is 1. The van der Waals surface area contributed by atoms with E-state index < -0.39 is 0 Å². The molecule has 0 bridgehead atoms. The van der Waals surface area contributed by atoms with Crippen LogP contribution in [0.3, 0.4) is 0 Å². The highest BCUT2D eigenvalue weighted by molar-refractivity contribution is 5.82. The van der Waals surface area contributed by atoms with E-state index in [1.807, 2.05) is 11.8 Å². The molecule has 1 amide bonds. The van der Waals surface area contributed by atoms with E-state index in [1.165, 1.54) is 0 Å². The van der Waals surface area contributed by atoms with Gasteiger partial charge < -0.3 is 19.7 Å². The average Bonchev–Trinajstić information content (AvgIpc) is 2.39. The van der Waals surface area contributed by atoms with E-state index in [2.05, 4.69) is 12.2 Å². The zero-order chi connectivity index (χ0) is 12.3. The van der Waals surface area contributed by atoms with Crippen molar-refractivity contribution in [1.82, 2.24) is 10.2 Å². The molecule has 2 rings (SSSR count). The third-order valence-corrected chi connectivity index (χ3v) is 3.44. The second-order valence-electron chi connectivity index (χ2n) is 4.78. The molecule has 2 aliphatic heterocycles. The molecule has 0 aromatic rings. The maximum absolute atomic E-state index is 12.4. The molecule has 98 valence electrons. The van der Waals surface area contributed by atoms with Crippen molar-refractivity contribution in [1.29, 1.82) is 0 Å². The van der Waals surface area contributed by atoms with Gasteiger partial charge in [0.2, 0.25) is 5.91 Å². The summed E-state index contributed by atoms with van der Waals surface area (Å²) in [6.07, 6.45) is 1.07. The Hall–Kier alpha value is -0.650. The van der Waals surface area contributed by atoms with Gasteiger partial charge in [0.25, 0.3) is 0 Å². The Morgan fingerprint density at radius 2 is 2.29 bits per heavy atom. The topological polar surface area (TPSA) is 50.8 Å². The van der Waals surface area contributed by atoms with E-state index in [9.17, 15) is 4.79 Å². The fraction of sp³-hybridized carbons (Fsp3) is 0.917. The monoisotopic (exact) mass is 242 g/mol. The number of rotatable bonds is 2. The second-order valence-corrected chi connectivity index (χ2v) is 4.78. The largest absolute Gasteiger partial charge is 0.378 e. The zero-order valence-electron chi connectivity index (χ0n) is 10.6. The summed E-state index contributed by atoms with van der Waals surface area (Å²) in [5, 5.41) is 3.22. The summed E-state index contributed by atoms with van der Waals surface area (Å²) in [5.74, 6) is 0.159. The number of carbonyl (C=O) groups is 1. The highest BCUT2D eigenvalue weighted by Crippen LogP contribution is 2.16. The summed E-state index contributed by atoms with van der Waals surface area (Å²) in [6, 6.07) is 0.0329. The van der Waals surface area contributed by atoms with Crippen LogP contribution in [0, 0.1) is 0 Å². The van der Waals surface area contributed by atoms with Crippen molar-refractivity contribution < 1.29 is 14.3 Å². The van der Waals surface area contributed by atoms with E-state index in [0.29, 0.717) is 26.4 Å². The van der Waals surface area contributed by atoms with Crippen LogP contribution in [0.5, 0.6) is 0 Å². The molecule has 0 aromatic heterocycles. The molecule has 2 saturated heterocycles. The summed E-state index contributed by atoms with van der Waals surface area (Å²) in [5.41, 5.74) is 0. The Bertz CT molecular complexity index is 266. The lowest BCUT2D eigenvalue weighted by molar-refractivity contribution is -0.149. The van der Waals surface area contributed by atoms with Crippen LogP contribution in [0.25, 0.3) is 0 Å². The predicted octanol–water partition coefficient (Wildman–Crippen LogP) is 0.000700. The van der Waals surface area contributed by atoms with Crippen molar-refractivity contribution in [3.8, 4) is 0 Å². The van der Waals surface area contributed by atoms with Gasteiger partial charge in [-0.05, 0) is 13.3 Å². The number of hydrogen-bond acceptors (Lipinski definition) is 4. The second kappa shape index (κ2) is 5.80. The van der Waals surface area contributed by atoms with E-state index >= 15 is 0 Å². The van der Waals surface area contributed by atoms with Crippen LogP contribution in [0.1, 0.15) is 20.3 Å². The normalized spacial score (nSPS) is 34.7. The fourth-order valence-corrected chi connectivity index (χ4v) is 2.38. The van der Waals surface area contributed by atoms with Crippen molar-refractivity contribution in [2.24, 2.45) is 0 Å². The summed E-state index contributed by atoms with van der Waals surface area (Å²) < 4.78 is 11.0. The zero-order valence-corrected chi connectivity index (χ0v) is 10.6. The number of morpholine rings is 2. The van der Waals surface area contributed by atoms with Gasteiger partial charge in [-0.1, -0.05) is 6.92 Å². The van der Waals surface area contributed by atoms with Gasteiger partial charge in [-0.3, -0.25) is 4.79 Å². The lowest BCUT2D eigenvalue weighted by Crippen LogP contribution is -2.59. The van der Waals surface area contributed by atoms with Crippen molar-refractivity contribution in [3.63, 3.8) is 0 Å². The molecule has 5 heteroatoms. The van der Waals surface area contributed by atoms with Crippen molar-refractivity contribution in [3.05, 3.63) is 0 Å². The molecule has 2 aliphatic rings. The highest BCUT2D eigenvalue weighted by atomic mass is 16.5. The smallest absolute Gasteiger partial charge is 0.242 e. The summed E-state index contributed by atoms with van der Waals surface area (Å²) >= 11 is 0. The molecule has 0 saturated carbocycles. The number of amides is 1. The van der Waals surface area contributed by atoms with Gasteiger partial charge in [0.15, 0.2) is 0 Å². The Balaban J connectivity index is 1.99. The molecule has 0 radical (unpaired) electrons. The number of ether oxygens (including phenoxy) is 2. The van der Waals surface area contributed by atoms with Crippen molar-refractivity contribution in [2.45, 2.75) is 38.5 Å². The van der Waals surface area contributed by atoms with Gasteiger partial charge in [-0.2, -0.15) is 0 Å². The Morgan fingerprint density at radius 1 is 1.47 bits per heavy atom. The highest BCUT2D eigenvalue weighted by Gasteiger charge is 2.34. The Morgan fingerprint density at radius 3 is 2.94 bits per heavy atom. The van der Waals surface area contributed by atoms with Crippen molar-refractivity contribution >= 4 is 5.91 Å². The number of hydrogen-bond donors (Lipinski definition) is 1. The molecule has 0 spiro atoms. The first kappa shape index (κ1) is 12.8. The van der Waals surface area contributed by atoms with Gasteiger partial charge in [0.05, 0.1) is 32.0 Å². The molecular weight excluding hydrogens is 220 g/mol. The van der Waals surface area contributed by atoms with Crippen LogP contribution in [0.2, 0.25) is 0 Å². The van der Waals surface area contributed by atoms with Gasteiger partial charge >= 0.3 is 0 Å². The van der Waals surface area contributed by atoms with E-state index in [0.717, 1.165) is 13.0 Å². The third kappa shape index (κ3) is 2.97. The molecular formula is C12H22N2O3. The quantitative estimate of drug-likeness (QED) is 0.740. The molecule has 2 fully saturated rings. The van der Waals surface area contributed by atoms with E-state index in [4.69, 9.17) is 9.47 Å². The number of carbonyl (C=O) groups excluding carboxylic acids is 1. The minimum absolute atomic E-state index is 0.131. The minimum atomic E-state index is -0.178.